The molecular weight excluding hydrogens is 246 g/mol. The maximum atomic E-state index is 12.7. The van der Waals surface area contributed by atoms with Crippen LogP contribution in [0.1, 0.15) is 38.7 Å². The highest BCUT2D eigenvalue weighted by molar-refractivity contribution is 5.79. The molecule has 0 radical (unpaired) electrons. The summed E-state index contributed by atoms with van der Waals surface area (Å²) in [6, 6.07) is 10.7. The minimum absolute atomic E-state index is 0.193. The Balaban J connectivity index is 1.96. The van der Waals surface area contributed by atoms with Gasteiger partial charge in [0, 0.05) is 18.5 Å². The number of carbonyl (C=O) groups is 1. The van der Waals surface area contributed by atoms with Gasteiger partial charge in [-0.15, -0.1) is 0 Å². The lowest BCUT2D eigenvalue weighted by Gasteiger charge is -2.31. The number of hydrogen-bond donors (Lipinski definition) is 0. The van der Waals surface area contributed by atoms with Crippen LogP contribution in [0, 0.1) is 5.92 Å². The van der Waals surface area contributed by atoms with Gasteiger partial charge in [-0.25, -0.2) is 0 Å². The van der Waals surface area contributed by atoms with Crippen LogP contribution >= 0.6 is 0 Å². The molecule has 1 atom stereocenters. The molecule has 0 aliphatic heterocycles. The molecule has 0 spiro atoms. The van der Waals surface area contributed by atoms with Crippen LogP contribution in [0.25, 0.3) is 0 Å². The van der Waals surface area contributed by atoms with Crippen LogP contribution < -0.4 is 0 Å². The third-order valence-electron chi connectivity index (χ3n) is 4.01. The van der Waals surface area contributed by atoms with E-state index >= 15 is 0 Å². The predicted molar refractivity (Wildman–Crippen MR) is 83.5 cm³/mol. The molecule has 1 aliphatic rings. The second kappa shape index (κ2) is 7.28. The van der Waals surface area contributed by atoms with Crippen molar-refractivity contribution >= 4 is 5.91 Å². The Labute approximate surface area is 122 Å². The summed E-state index contributed by atoms with van der Waals surface area (Å²) in [6.45, 7) is 5.05. The molecule has 2 rings (SSSR count). The number of amides is 1. The Hall–Kier alpha value is -1.57. The van der Waals surface area contributed by atoms with Gasteiger partial charge in [-0.05, 0) is 45.1 Å². The Morgan fingerprint density at radius 3 is 2.60 bits per heavy atom. The average Bonchev–Trinajstić information content (AvgIpc) is 2.49. The Morgan fingerprint density at radius 2 is 2.00 bits per heavy atom. The Kier molecular flexibility index (Phi) is 5.40. The quantitative estimate of drug-likeness (QED) is 0.745. The van der Waals surface area contributed by atoms with Crippen molar-refractivity contribution in [3.8, 4) is 0 Å². The SMILES string of the molecule is CC(C)N(CCc1ccccc1)C(=O)[C@@H]1CC=CCC1. The van der Waals surface area contributed by atoms with Crippen molar-refractivity contribution in [1.29, 1.82) is 0 Å². The van der Waals surface area contributed by atoms with E-state index in [4.69, 9.17) is 0 Å². The Morgan fingerprint density at radius 1 is 1.25 bits per heavy atom. The van der Waals surface area contributed by atoms with Gasteiger partial charge in [0.25, 0.3) is 0 Å². The number of allylic oxidation sites excluding steroid dienone is 2. The number of benzene rings is 1. The fourth-order valence-corrected chi connectivity index (χ4v) is 2.77. The van der Waals surface area contributed by atoms with E-state index in [1.807, 2.05) is 6.07 Å². The first-order chi connectivity index (χ1) is 9.68. The van der Waals surface area contributed by atoms with E-state index in [1.54, 1.807) is 0 Å². The van der Waals surface area contributed by atoms with E-state index in [2.05, 4.69) is 55.2 Å². The van der Waals surface area contributed by atoms with E-state index in [9.17, 15) is 4.79 Å². The Bertz CT molecular complexity index is 450. The van der Waals surface area contributed by atoms with E-state index in [0.717, 1.165) is 32.2 Å². The van der Waals surface area contributed by atoms with Crippen LogP contribution in [-0.4, -0.2) is 23.4 Å². The zero-order chi connectivity index (χ0) is 14.4. The van der Waals surface area contributed by atoms with Crippen LogP contribution in [-0.2, 0) is 11.2 Å². The van der Waals surface area contributed by atoms with Gasteiger partial charge >= 0.3 is 0 Å². The standard InChI is InChI=1S/C18H25NO/c1-15(2)19(14-13-16-9-5-3-6-10-16)18(20)17-11-7-4-8-12-17/h3-7,9-10,15,17H,8,11-14H2,1-2H3/t17-/m1/s1. The summed E-state index contributed by atoms with van der Waals surface area (Å²) in [7, 11) is 0. The van der Waals surface area contributed by atoms with Crippen LogP contribution in [0.3, 0.4) is 0 Å². The molecule has 1 aliphatic carbocycles. The van der Waals surface area contributed by atoms with Crippen molar-refractivity contribution in [2.75, 3.05) is 6.54 Å². The number of nitrogens with zero attached hydrogens (tertiary/aromatic N) is 1. The van der Waals surface area contributed by atoms with Crippen molar-refractivity contribution in [3.05, 3.63) is 48.0 Å². The molecule has 1 aromatic rings. The third kappa shape index (κ3) is 3.96. The number of carbonyl (C=O) groups excluding carboxylic acids is 1. The van der Waals surface area contributed by atoms with E-state index < -0.39 is 0 Å². The molecule has 0 unspecified atom stereocenters. The number of hydrogen-bond acceptors (Lipinski definition) is 1. The van der Waals surface area contributed by atoms with Gasteiger partial charge in [0.15, 0.2) is 0 Å². The van der Waals surface area contributed by atoms with Crippen LogP contribution in [0.5, 0.6) is 0 Å². The summed E-state index contributed by atoms with van der Waals surface area (Å²) in [5.74, 6) is 0.526. The lowest BCUT2D eigenvalue weighted by atomic mass is 9.92. The van der Waals surface area contributed by atoms with Gasteiger partial charge in [-0.1, -0.05) is 42.5 Å². The van der Waals surface area contributed by atoms with Crippen LogP contribution in [0.15, 0.2) is 42.5 Å². The van der Waals surface area contributed by atoms with E-state index in [1.165, 1.54) is 5.56 Å². The van der Waals surface area contributed by atoms with Gasteiger partial charge in [0.1, 0.15) is 0 Å². The molecule has 2 nitrogen and oxygen atoms in total. The zero-order valence-corrected chi connectivity index (χ0v) is 12.6. The zero-order valence-electron chi connectivity index (χ0n) is 12.6. The minimum Gasteiger partial charge on any atom is -0.340 e. The number of rotatable bonds is 5. The smallest absolute Gasteiger partial charge is 0.226 e. The predicted octanol–water partition coefficient (Wildman–Crippen LogP) is 3.82. The van der Waals surface area contributed by atoms with Crippen molar-refractivity contribution in [2.24, 2.45) is 5.92 Å². The molecule has 1 aromatic carbocycles. The first-order valence-corrected chi connectivity index (χ1v) is 7.68. The summed E-state index contributed by atoms with van der Waals surface area (Å²) in [5, 5.41) is 0. The largest absolute Gasteiger partial charge is 0.340 e. The molecule has 1 amide bonds. The van der Waals surface area contributed by atoms with Crippen molar-refractivity contribution < 1.29 is 4.79 Å². The monoisotopic (exact) mass is 271 g/mol. The normalized spacial score (nSPS) is 18.2. The summed E-state index contributed by atoms with van der Waals surface area (Å²) in [5.41, 5.74) is 1.30. The van der Waals surface area contributed by atoms with Crippen LogP contribution in [0.2, 0.25) is 0 Å². The highest BCUT2D eigenvalue weighted by Crippen LogP contribution is 2.21. The molecule has 0 aromatic heterocycles. The summed E-state index contributed by atoms with van der Waals surface area (Å²) < 4.78 is 0. The fourth-order valence-electron chi connectivity index (χ4n) is 2.77. The third-order valence-corrected chi connectivity index (χ3v) is 4.01. The van der Waals surface area contributed by atoms with Gasteiger partial charge in [0.2, 0.25) is 5.91 Å². The molecule has 108 valence electrons. The summed E-state index contributed by atoms with van der Waals surface area (Å²) in [6.07, 6.45) is 8.24. The van der Waals surface area contributed by atoms with Crippen molar-refractivity contribution in [3.63, 3.8) is 0 Å². The molecule has 0 heterocycles. The van der Waals surface area contributed by atoms with Gasteiger partial charge in [-0.2, -0.15) is 0 Å². The highest BCUT2D eigenvalue weighted by Gasteiger charge is 2.25. The van der Waals surface area contributed by atoms with Gasteiger partial charge in [-0.3, -0.25) is 4.79 Å². The van der Waals surface area contributed by atoms with Gasteiger partial charge < -0.3 is 4.90 Å². The molecule has 2 heteroatoms. The van der Waals surface area contributed by atoms with Crippen molar-refractivity contribution in [1.82, 2.24) is 4.90 Å². The summed E-state index contributed by atoms with van der Waals surface area (Å²) >= 11 is 0. The molecule has 0 bridgehead atoms. The average molecular weight is 271 g/mol. The van der Waals surface area contributed by atoms with Gasteiger partial charge in [0.05, 0.1) is 0 Å². The van der Waals surface area contributed by atoms with Crippen LogP contribution in [0.4, 0.5) is 0 Å². The fraction of sp³-hybridized carbons (Fsp3) is 0.500. The maximum absolute atomic E-state index is 12.7. The molecule has 20 heavy (non-hydrogen) atoms. The molecular formula is C18H25NO. The van der Waals surface area contributed by atoms with Crippen molar-refractivity contribution in [2.45, 2.75) is 45.6 Å². The lowest BCUT2D eigenvalue weighted by molar-refractivity contribution is -0.137. The van der Waals surface area contributed by atoms with E-state index in [-0.39, 0.29) is 12.0 Å². The second-order valence-electron chi connectivity index (χ2n) is 5.84. The lowest BCUT2D eigenvalue weighted by Crippen LogP contribution is -2.42. The highest BCUT2D eigenvalue weighted by atomic mass is 16.2. The van der Waals surface area contributed by atoms with E-state index in [0.29, 0.717) is 5.91 Å². The molecule has 0 N–H and O–H groups in total. The first-order valence-electron chi connectivity index (χ1n) is 7.68. The topological polar surface area (TPSA) is 20.3 Å². The summed E-state index contributed by atoms with van der Waals surface area (Å²) in [4.78, 5) is 14.7. The first kappa shape index (κ1) is 14.8. The molecule has 0 saturated carbocycles. The molecule has 0 saturated heterocycles. The maximum Gasteiger partial charge on any atom is 0.226 e. The minimum atomic E-state index is 0.193. The second-order valence-corrected chi connectivity index (χ2v) is 5.84. The molecule has 0 fully saturated rings.